The number of aryl methyl sites for hydroxylation is 2. The smallest absolute Gasteiger partial charge is 0.182 e. The molecule has 0 bridgehead atoms. The molecular formula is C15H16ClNO2S. The molecule has 0 aliphatic heterocycles. The molecule has 0 aromatic heterocycles. The van der Waals surface area contributed by atoms with E-state index in [9.17, 15) is 8.42 Å². The van der Waals surface area contributed by atoms with Crippen LogP contribution in [0, 0.1) is 13.8 Å². The summed E-state index contributed by atoms with van der Waals surface area (Å²) in [6.45, 7) is 3.65. The van der Waals surface area contributed by atoms with E-state index in [1.165, 1.54) is 0 Å². The van der Waals surface area contributed by atoms with Gasteiger partial charge in [-0.1, -0.05) is 23.7 Å². The zero-order valence-corrected chi connectivity index (χ0v) is 12.9. The van der Waals surface area contributed by atoms with Crippen molar-refractivity contribution in [3.8, 4) is 0 Å². The Labute approximate surface area is 124 Å². The zero-order valence-electron chi connectivity index (χ0n) is 11.4. The van der Waals surface area contributed by atoms with Crippen LogP contribution in [-0.2, 0) is 15.6 Å². The summed E-state index contributed by atoms with van der Waals surface area (Å²) < 4.78 is 25.1. The number of anilines is 1. The summed E-state index contributed by atoms with van der Waals surface area (Å²) >= 11 is 6.04. The summed E-state index contributed by atoms with van der Waals surface area (Å²) in [5.41, 5.74) is 8.35. The van der Waals surface area contributed by atoms with Crippen LogP contribution in [0.4, 0.5) is 5.69 Å². The lowest BCUT2D eigenvalue weighted by atomic mass is 10.2. The summed E-state index contributed by atoms with van der Waals surface area (Å²) in [6, 6.07) is 10.3. The van der Waals surface area contributed by atoms with E-state index in [0.29, 0.717) is 21.2 Å². The average Bonchev–Trinajstić information content (AvgIpc) is 2.36. The maximum Gasteiger partial charge on any atom is 0.182 e. The minimum Gasteiger partial charge on any atom is -0.399 e. The average molecular weight is 310 g/mol. The van der Waals surface area contributed by atoms with E-state index in [4.69, 9.17) is 17.3 Å². The molecule has 0 aliphatic rings. The second-order valence-electron chi connectivity index (χ2n) is 4.88. The number of hydrogen-bond acceptors (Lipinski definition) is 3. The van der Waals surface area contributed by atoms with Gasteiger partial charge in [-0.05, 0) is 54.8 Å². The van der Waals surface area contributed by atoms with Crippen molar-refractivity contribution >= 4 is 27.1 Å². The highest BCUT2D eigenvalue weighted by molar-refractivity contribution is 7.90. The zero-order chi connectivity index (χ0) is 14.9. The van der Waals surface area contributed by atoms with Crippen molar-refractivity contribution in [3.63, 3.8) is 0 Å². The van der Waals surface area contributed by atoms with Gasteiger partial charge in [-0.3, -0.25) is 0 Å². The molecule has 0 fully saturated rings. The Bertz CT molecular complexity index is 754. The first-order chi connectivity index (χ1) is 9.29. The van der Waals surface area contributed by atoms with Gasteiger partial charge in [-0.2, -0.15) is 0 Å². The largest absolute Gasteiger partial charge is 0.399 e. The van der Waals surface area contributed by atoms with Crippen LogP contribution in [-0.4, -0.2) is 8.42 Å². The molecule has 0 radical (unpaired) electrons. The topological polar surface area (TPSA) is 60.2 Å². The molecule has 0 atom stereocenters. The van der Waals surface area contributed by atoms with Crippen LogP contribution in [0.1, 0.15) is 16.7 Å². The van der Waals surface area contributed by atoms with Crippen LogP contribution in [0.2, 0.25) is 5.02 Å². The highest BCUT2D eigenvalue weighted by Crippen LogP contribution is 2.26. The van der Waals surface area contributed by atoms with Crippen LogP contribution in [0.15, 0.2) is 41.3 Å². The number of hydrogen-bond donors (Lipinski definition) is 1. The van der Waals surface area contributed by atoms with Crippen molar-refractivity contribution in [2.24, 2.45) is 0 Å². The molecule has 5 heteroatoms. The van der Waals surface area contributed by atoms with Crippen molar-refractivity contribution in [1.29, 1.82) is 0 Å². The maximum absolute atomic E-state index is 12.5. The summed E-state index contributed by atoms with van der Waals surface area (Å²) in [5.74, 6) is -0.152. The van der Waals surface area contributed by atoms with E-state index in [-0.39, 0.29) is 5.75 Å². The van der Waals surface area contributed by atoms with Crippen LogP contribution < -0.4 is 5.73 Å². The predicted molar refractivity (Wildman–Crippen MR) is 82.7 cm³/mol. The molecule has 0 aliphatic carbocycles. The molecular weight excluding hydrogens is 294 g/mol. The van der Waals surface area contributed by atoms with E-state index in [1.54, 1.807) is 31.2 Å². The van der Waals surface area contributed by atoms with Gasteiger partial charge in [0.05, 0.1) is 10.6 Å². The van der Waals surface area contributed by atoms with Gasteiger partial charge in [-0.25, -0.2) is 8.42 Å². The first kappa shape index (κ1) is 14.9. The Morgan fingerprint density at radius 2 is 1.80 bits per heavy atom. The minimum atomic E-state index is -3.45. The number of benzene rings is 2. The summed E-state index contributed by atoms with van der Waals surface area (Å²) in [7, 11) is -3.45. The molecule has 106 valence electrons. The molecule has 0 amide bonds. The second kappa shape index (κ2) is 5.46. The number of nitrogens with two attached hydrogens (primary N) is 1. The lowest BCUT2D eigenvalue weighted by Gasteiger charge is -2.10. The van der Waals surface area contributed by atoms with Gasteiger partial charge < -0.3 is 5.73 Å². The predicted octanol–water partition coefficient (Wildman–Crippen LogP) is 3.51. The molecule has 20 heavy (non-hydrogen) atoms. The fourth-order valence-electron chi connectivity index (χ4n) is 2.03. The third-order valence-corrected chi connectivity index (χ3v) is 5.26. The Balaban J connectivity index is 2.46. The molecule has 2 aromatic carbocycles. The molecule has 3 nitrogen and oxygen atoms in total. The lowest BCUT2D eigenvalue weighted by molar-refractivity contribution is 0.594. The highest BCUT2D eigenvalue weighted by Gasteiger charge is 2.19. The SMILES string of the molecule is Cc1ccc(C)c(S(=O)(=O)Cc2cc(N)ccc2Cl)c1. The van der Waals surface area contributed by atoms with Crippen LogP contribution in [0.5, 0.6) is 0 Å². The Morgan fingerprint density at radius 1 is 1.10 bits per heavy atom. The van der Waals surface area contributed by atoms with E-state index in [1.807, 2.05) is 19.1 Å². The standard InChI is InChI=1S/C15H16ClNO2S/c1-10-3-4-11(2)15(7-10)20(18,19)9-12-8-13(17)5-6-14(12)16/h3-8H,9,17H2,1-2H3. The van der Waals surface area contributed by atoms with Crippen LogP contribution in [0.25, 0.3) is 0 Å². The Morgan fingerprint density at radius 3 is 2.50 bits per heavy atom. The quantitative estimate of drug-likeness (QED) is 0.883. The summed E-state index contributed by atoms with van der Waals surface area (Å²) in [4.78, 5) is 0.344. The lowest BCUT2D eigenvalue weighted by Crippen LogP contribution is -2.08. The maximum atomic E-state index is 12.5. The monoisotopic (exact) mass is 309 g/mol. The Kier molecular flexibility index (Phi) is 4.06. The molecule has 0 saturated carbocycles. The second-order valence-corrected chi connectivity index (χ2v) is 7.24. The normalized spacial score (nSPS) is 11.6. The summed E-state index contributed by atoms with van der Waals surface area (Å²) in [5, 5.41) is 0.410. The van der Waals surface area contributed by atoms with Crippen molar-refractivity contribution in [3.05, 3.63) is 58.1 Å². The number of nitrogen functional groups attached to an aromatic ring is 1. The molecule has 0 unspecified atom stereocenters. The number of sulfone groups is 1. The van der Waals surface area contributed by atoms with E-state index < -0.39 is 9.84 Å². The van der Waals surface area contributed by atoms with Gasteiger partial charge in [0, 0.05) is 10.7 Å². The highest BCUT2D eigenvalue weighted by atomic mass is 35.5. The van der Waals surface area contributed by atoms with Gasteiger partial charge in [0.25, 0.3) is 0 Å². The fourth-order valence-corrected chi connectivity index (χ4v) is 4.02. The van der Waals surface area contributed by atoms with Crippen molar-refractivity contribution < 1.29 is 8.42 Å². The van der Waals surface area contributed by atoms with Crippen molar-refractivity contribution in [1.82, 2.24) is 0 Å². The van der Waals surface area contributed by atoms with Gasteiger partial charge in [0.2, 0.25) is 0 Å². The Hall–Kier alpha value is -1.52. The van der Waals surface area contributed by atoms with E-state index in [2.05, 4.69) is 0 Å². The fraction of sp³-hybridized carbons (Fsp3) is 0.200. The van der Waals surface area contributed by atoms with Crippen LogP contribution in [0.3, 0.4) is 0 Å². The summed E-state index contributed by atoms with van der Waals surface area (Å²) in [6.07, 6.45) is 0. The first-order valence-electron chi connectivity index (χ1n) is 6.13. The van der Waals surface area contributed by atoms with Gasteiger partial charge in [0.15, 0.2) is 9.84 Å². The van der Waals surface area contributed by atoms with Crippen LogP contribution >= 0.6 is 11.6 Å². The third-order valence-electron chi connectivity index (χ3n) is 3.09. The van der Waals surface area contributed by atoms with Gasteiger partial charge in [0.1, 0.15) is 0 Å². The van der Waals surface area contributed by atoms with Gasteiger partial charge in [-0.15, -0.1) is 0 Å². The van der Waals surface area contributed by atoms with Crippen molar-refractivity contribution in [2.75, 3.05) is 5.73 Å². The minimum absolute atomic E-state index is 0.152. The van der Waals surface area contributed by atoms with Crippen molar-refractivity contribution in [2.45, 2.75) is 24.5 Å². The number of halogens is 1. The number of rotatable bonds is 3. The molecule has 2 aromatic rings. The molecule has 2 rings (SSSR count). The molecule has 2 N–H and O–H groups in total. The molecule has 0 spiro atoms. The third kappa shape index (κ3) is 3.14. The molecule has 0 heterocycles. The molecule has 0 saturated heterocycles. The van der Waals surface area contributed by atoms with E-state index in [0.717, 1.165) is 11.1 Å². The van der Waals surface area contributed by atoms with Gasteiger partial charge >= 0.3 is 0 Å². The van der Waals surface area contributed by atoms with E-state index >= 15 is 0 Å². The first-order valence-corrected chi connectivity index (χ1v) is 8.16.